The van der Waals surface area contributed by atoms with Gasteiger partial charge in [-0.1, -0.05) is 43.1 Å². The predicted octanol–water partition coefficient (Wildman–Crippen LogP) is 2.71. The minimum Gasteiger partial charge on any atom is -0.356 e. The first kappa shape index (κ1) is 12.9. The van der Waals surface area contributed by atoms with Crippen LogP contribution in [0.2, 0.25) is 0 Å². The van der Waals surface area contributed by atoms with Gasteiger partial charge in [0.1, 0.15) is 0 Å². The van der Waals surface area contributed by atoms with Gasteiger partial charge in [0.15, 0.2) is 0 Å². The number of halogens is 1. The van der Waals surface area contributed by atoms with Crippen molar-refractivity contribution in [3.63, 3.8) is 0 Å². The second-order valence-electron chi connectivity index (χ2n) is 3.55. The summed E-state index contributed by atoms with van der Waals surface area (Å²) in [6, 6.07) is 0. The lowest BCUT2D eigenvalue weighted by Gasteiger charge is -2.11. The molecular formula is C10H20BrNO. The van der Waals surface area contributed by atoms with Crippen molar-refractivity contribution in [3.05, 3.63) is 0 Å². The van der Waals surface area contributed by atoms with Crippen LogP contribution in [0.5, 0.6) is 0 Å². The third kappa shape index (κ3) is 7.05. The molecule has 0 aromatic rings. The lowest BCUT2D eigenvalue weighted by molar-refractivity contribution is -0.124. The molecule has 2 nitrogen and oxygen atoms in total. The molecule has 0 fully saturated rings. The summed E-state index contributed by atoms with van der Waals surface area (Å²) in [5.41, 5.74) is 0. The monoisotopic (exact) mass is 249 g/mol. The van der Waals surface area contributed by atoms with Crippen LogP contribution in [0.4, 0.5) is 0 Å². The summed E-state index contributed by atoms with van der Waals surface area (Å²) < 4.78 is 0. The fourth-order valence-corrected chi connectivity index (χ4v) is 1.36. The Balaban J connectivity index is 3.50. The van der Waals surface area contributed by atoms with Crippen LogP contribution in [0.3, 0.4) is 0 Å². The first-order chi connectivity index (χ1) is 6.07. The van der Waals surface area contributed by atoms with Crippen molar-refractivity contribution in [3.8, 4) is 0 Å². The van der Waals surface area contributed by atoms with Crippen molar-refractivity contribution in [2.24, 2.45) is 5.92 Å². The van der Waals surface area contributed by atoms with Crippen LogP contribution in [0.25, 0.3) is 0 Å². The number of amides is 1. The molecule has 0 bridgehead atoms. The minimum atomic E-state index is 0.163. The van der Waals surface area contributed by atoms with E-state index in [0.717, 1.165) is 25.8 Å². The van der Waals surface area contributed by atoms with Crippen LogP contribution in [-0.2, 0) is 4.79 Å². The average molecular weight is 250 g/mol. The Morgan fingerprint density at radius 3 is 2.46 bits per heavy atom. The van der Waals surface area contributed by atoms with Gasteiger partial charge in [-0.05, 0) is 12.8 Å². The van der Waals surface area contributed by atoms with Gasteiger partial charge in [-0.2, -0.15) is 0 Å². The maximum Gasteiger partial charge on any atom is 0.222 e. The summed E-state index contributed by atoms with van der Waals surface area (Å²) in [6.07, 6.45) is 3.05. The molecule has 0 saturated heterocycles. The molecule has 0 heterocycles. The zero-order chi connectivity index (χ0) is 10.3. The molecule has 0 aromatic heterocycles. The molecule has 0 aromatic carbocycles. The highest BCUT2D eigenvalue weighted by atomic mass is 79.9. The highest BCUT2D eigenvalue weighted by Crippen LogP contribution is 2.05. The van der Waals surface area contributed by atoms with Gasteiger partial charge >= 0.3 is 0 Å². The number of rotatable bonds is 6. The van der Waals surface area contributed by atoms with E-state index in [1.807, 2.05) is 6.92 Å². The summed E-state index contributed by atoms with van der Waals surface area (Å²) in [4.78, 5) is 11.9. The van der Waals surface area contributed by atoms with Gasteiger partial charge in [0, 0.05) is 17.3 Å². The zero-order valence-electron chi connectivity index (χ0n) is 8.77. The Morgan fingerprint density at radius 2 is 2.00 bits per heavy atom. The molecule has 1 N–H and O–H groups in total. The van der Waals surface area contributed by atoms with Gasteiger partial charge in [-0.15, -0.1) is 0 Å². The molecule has 0 radical (unpaired) electrons. The maximum absolute atomic E-state index is 11.4. The molecule has 0 aliphatic rings. The van der Waals surface area contributed by atoms with Crippen molar-refractivity contribution < 1.29 is 4.79 Å². The summed E-state index contributed by atoms with van der Waals surface area (Å²) in [6.45, 7) is 6.95. The van der Waals surface area contributed by atoms with E-state index < -0.39 is 0 Å². The van der Waals surface area contributed by atoms with Crippen molar-refractivity contribution in [2.75, 3.05) is 6.54 Å². The molecule has 2 atom stereocenters. The zero-order valence-corrected chi connectivity index (χ0v) is 10.4. The number of carbonyl (C=O) groups excluding carboxylic acids is 1. The molecule has 1 amide bonds. The Hall–Kier alpha value is -0.0500. The summed E-state index contributed by atoms with van der Waals surface area (Å²) in [5.74, 6) is 0.352. The predicted molar refractivity (Wildman–Crippen MR) is 60.1 cm³/mol. The van der Waals surface area contributed by atoms with Crippen LogP contribution in [0.1, 0.15) is 40.0 Å². The molecule has 0 saturated carbocycles. The molecule has 0 rings (SSSR count). The van der Waals surface area contributed by atoms with Crippen molar-refractivity contribution >= 4 is 21.8 Å². The molecular weight excluding hydrogens is 230 g/mol. The molecule has 0 aliphatic carbocycles. The Kier molecular flexibility index (Phi) is 7.33. The van der Waals surface area contributed by atoms with E-state index in [1.54, 1.807) is 0 Å². The van der Waals surface area contributed by atoms with Gasteiger partial charge in [-0.3, -0.25) is 4.79 Å². The molecule has 2 unspecified atom stereocenters. The topological polar surface area (TPSA) is 29.1 Å². The molecule has 0 aliphatic heterocycles. The standard InChI is InChI=1S/C10H20BrNO/c1-4-5-8(2)10(13)12-7-6-9(3)11/h8-9H,4-7H2,1-3H3,(H,12,13). The van der Waals surface area contributed by atoms with E-state index in [-0.39, 0.29) is 11.8 Å². The van der Waals surface area contributed by atoms with Crippen LogP contribution in [0, 0.1) is 5.92 Å². The smallest absolute Gasteiger partial charge is 0.222 e. The quantitative estimate of drug-likeness (QED) is 0.721. The number of alkyl halides is 1. The normalized spacial score (nSPS) is 15.1. The summed E-state index contributed by atoms with van der Waals surface area (Å²) in [5, 5.41) is 2.93. The van der Waals surface area contributed by atoms with E-state index in [1.165, 1.54) is 0 Å². The van der Waals surface area contributed by atoms with E-state index in [2.05, 4.69) is 35.1 Å². The second-order valence-corrected chi connectivity index (χ2v) is 5.11. The number of hydrogen-bond acceptors (Lipinski definition) is 1. The van der Waals surface area contributed by atoms with Crippen molar-refractivity contribution in [1.82, 2.24) is 5.32 Å². The lowest BCUT2D eigenvalue weighted by Crippen LogP contribution is -2.30. The van der Waals surface area contributed by atoms with E-state index in [9.17, 15) is 4.79 Å². The molecule has 13 heavy (non-hydrogen) atoms. The Bertz CT molecular complexity index is 148. The van der Waals surface area contributed by atoms with Crippen molar-refractivity contribution in [2.45, 2.75) is 44.9 Å². The SMILES string of the molecule is CCCC(C)C(=O)NCCC(C)Br. The third-order valence-corrected chi connectivity index (χ3v) is 2.47. The summed E-state index contributed by atoms with van der Waals surface area (Å²) in [7, 11) is 0. The van der Waals surface area contributed by atoms with Gasteiger partial charge in [0.05, 0.1) is 0 Å². The first-order valence-electron chi connectivity index (χ1n) is 4.99. The fourth-order valence-electron chi connectivity index (χ4n) is 1.13. The number of hydrogen-bond donors (Lipinski definition) is 1. The number of nitrogens with one attached hydrogen (secondary N) is 1. The molecule has 3 heteroatoms. The highest BCUT2D eigenvalue weighted by Gasteiger charge is 2.10. The van der Waals surface area contributed by atoms with Gasteiger partial charge in [-0.25, -0.2) is 0 Å². The average Bonchev–Trinajstić information content (AvgIpc) is 2.04. The number of carbonyl (C=O) groups is 1. The van der Waals surface area contributed by atoms with Crippen LogP contribution >= 0.6 is 15.9 Å². The lowest BCUT2D eigenvalue weighted by atomic mass is 10.1. The minimum absolute atomic E-state index is 0.163. The Labute approximate surface area is 89.6 Å². The largest absolute Gasteiger partial charge is 0.356 e. The summed E-state index contributed by atoms with van der Waals surface area (Å²) >= 11 is 3.44. The first-order valence-corrected chi connectivity index (χ1v) is 5.91. The van der Waals surface area contributed by atoms with Crippen LogP contribution < -0.4 is 5.32 Å². The van der Waals surface area contributed by atoms with Crippen molar-refractivity contribution in [1.29, 1.82) is 0 Å². The van der Waals surface area contributed by atoms with Gasteiger partial charge < -0.3 is 5.32 Å². The second kappa shape index (κ2) is 7.36. The maximum atomic E-state index is 11.4. The third-order valence-electron chi connectivity index (χ3n) is 2.01. The Morgan fingerprint density at radius 1 is 1.38 bits per heavy atom. The molecule has 78 valence electrons. The van der Waals surface area contributed by atoms with E-state index >= 15 is 0 Å². The highest BCUT2D eigenvalue weighted by molar-refractivity contribution is 9.09. The van der Waals surface area contributed by atoms with E-state index in [4.69, 9.17) is 0 Å². The van der Waals surface area contributed by atoms with Crippen LogP contribution in [-0.4, -0.2) is 17.3 Å². The van der Waals surface area contributed by atoms with Gasteiger partial charge in [0.2, 0.25) is 5.91 Å². The van der Waals surface area contributed by atoms with Crippen LogP contribution in [0.15, 0.2) is 0 Å². The van der Waals surface area contributed by atoms with Gasteiger partial charge in [0.25, 0.3) is 0 Å². The molecule has 0 spiro atoms. The van der Waals surface area contributed by atoms with E-state index in [0.29, 0.717) is 4.83 Å². The fraction of sp³-hybridized carbons (Fsp3) is 0.900.